The molecule has 2 aromatic carbocycles. The summed E-state index contributed by atoms with van der Waals surface area (Å²) in [7, 11) is 4.48. The van der Waals surface area contributed by atoms with Crippen molar-refractivity contribution in [3.63, 3.8) is 0 Å². The Morgan fingerprint density at radius 1 is 1.04 bits per heavy atom. The first-order valence-electron chi connectivity index (χ1n) is 6.51. The normalized spacial score (nSPS) is 10.1. The van der Waals surface area contributed by atoms with E-state index < -0.39 is 4.92 Å². The van der Waals surface area contributed by atoms with Crippen LogP contribution in [0.3, 0.4) is 0 Å². The largest absolute Gasteiger partial charge is 0.493 e. The van der Waals surface area contributed by atoms with Crippen LogP contribution in [0.2, 0.25) is 5.02 Å². The summed E-state index contributed by atoms with van der Waals surface area (Å²) in [4.78, 5) is 10.6. The van der Waals surface area contributed by atoms with Gasteiger partial charge in [0, 0.05) is 28.9 Å². The molecule has 0 amide bonds. The van der Waals surface area contributed by atoms with E-state index in [0.29, 0.717) is 28.6 Å². The SMILES string of the molecule is COc1cc(Nc2ccc(Cl)cc2[N+](=O)[O-])cc(OC)c1OC. The van der Waals surface area contributed by atoms with Gasteiger partial charge in [0.2, 0.25) is 5.75 Å². The Kier molecular flexibility index (Phi) is 5.13. The standard InChI is InChI=1S/C15H15ClN2O5/c1-21-13-7-10(8-14(22-2)15(13)23-3)17-11-5-4-9(16)6-12(11)18(19)20/h4-8,17H,1-3H3. The summed E-state index contributed by atoms with van der Waals surface area (Å²) >= 11 is 5.81. The second kappa shape index (κ2) is 7.06. The third kappa shape index (κ3) is 3.57. The number of rotatable bonds is 6. The van der Waals surface area contributed by atoms with Gasteiger partial charge >= 0.3 is 0 Å². The number of anilines is 2. The molecule has 0 aromatic heterocycles. The number of nitrogens with one attached hydrogen (secondary N) is 1. The van der Waals surface area contributed by atoms with Crippen LogP contribution in [0.15, 0.2) is 30.3 Å². The molecule has 2 rings (SSSR count). The van der Waals surface area contributed by atoms with Gasteiger partial charge in [-0.1, -0.05) is 11.6 Å². The predicted octanol–water partition coefficient (Wildman–Crippen LogP) is 4.02. The van der Waals surface area contributed by atoms with Crippen LogP contribution in [0.1, 0.15) is 0 Å². The van der Waals surface area contributed by atoms with Crippen molar-refractivity contribution in [2.75, 3.05) is 26.6 Å². The Hall–Kier alpha value is -2.67. The van der Waals surface area contributed by atoms with Crippen molar-refractivity contribution >= 4 is 28.7 Å². The number of nitro benzene ring substituents is 1. The number of hydrogen-bond acceptors (Lipinski definition) is 6. The highest BCUT2D eigenvalue weighted by molar-refractivity contribution is 6.30. The number of ether oxygens (including phenoxy) is 3. The van der Waals surface area contributed by atoms with Gasteiger partial charge in [-0.2, -0.15) is 0 Å². The van der Waals surface area contributed by atoms with E-state index >= 15 is 0 Å². The van der Waals surface area contributed by atoms with Gasteiger partial charge in [0.25, 0.3) is 5.69 Å². The smallest absolute Gasteiger partial charge is 0.294 e. The second-order valence-electron chi connectivity index (χ2n) is 4.46. The minimum absolute atomic E-state index is 0.133. The zero-order valence-corrected chi connectivity index (χ0v) is 13.5. The molecule has 0 aliphatic heterocycles. The van der Waals surface area contributed by atoms with Crippen LogP contribution in [0.25, 0.3) is 0 Å². The molecule has 0 spiro atoms. The Labute approximate surface area is 137 Å². The van der Waals surface area contributed by atoms with Crippen LogP contribution in [-0.4, -0.2) is 26.3 Å². The number of nitro groups is 1. The molecular weight excluding hydrogens is 324 g/mol. The third-order valence-corrected chi connectivity index (χ3v) is 3.34. The fraction of sp³-hybridized carbons (Fsp3) is 0.200. The summed E-state index contributed by atoms with van der Waals surface area (Å²) in [5.41, 5.74) is 0.713. The number of hydrogen-bond donors (Lipinski definition) is 1. The zero-order chi connectivity index (χ0) is 17.0. The average Bonchev–Trinajstić information content (AvgIpc) is 2.55. The lowest BCUT2D eigenvalue weighted by Crippen LogP contribution is -2.00. The van der Waals surface area contributed by atoms with E-state index in [1.165, 1.54) is 33.5 Å². The average molecular weight is 339 g/mol. The van der Waals surface area contributed by atoms with E-state index in [-0.39, 0.29) is 10.7 Å². The van der Waals surface area contributed by atoms with E-state index in [0.717, 1.165) is 0 Å². The first-order chi connectivity index (χ1) is 11.0. The quantitative estimate of drug-likeness (QED) is 0.632. The van der Waals surface area contributed by atoms with Crippen LogP contribution in [0, 0.1) is 10.1 Å². The van der Waals surface area contributed by atoms with E-state index in [2.05, 4.69) is 5.32 Å². The number of nitrogens with zero attached hydrogens (tertiary/aromatic N) is 1. The molecule has 122 valence electrons. The fourth-order valence-electron chi connectivity index (χ4n) is 2.07. The maximum Gasteiger partial charge on any atom is 0.294 e. The highest BCUT2D eigenvalue weighted by atomic mass is 35.5. The molecule has 0 bridgehead atoms. The summed E-state index contributed by atoms with van der Waals surface area (Å²) in [5.74, 6) is 1.31. The van der Waals surface area contributed by atoms with Gasteiger partial charge in [-0.05, 0) is 12.1 Å². The second-order valence-corrected chi connectivity index (χ2v) is 4.89. The first-order valence-corrected chi connectivity index (χ1v) is 6.89. The molecular formula is C15H15ClN2O5. The topological polar surface area (TPSA) is 82.9 Å². The summed E-state index contributed by atoms with van der Waals surface area (Å²) in [6, 6.07) is 7.68. The first kappa shape index (κ1) is 16.7. The van der Waals surface area contributed by atoms with Crippen molar-refractivity contribution in [2.24, 2.45) is 0 Å². The van der Waals surface area contributed by atoms with Gasteiger partial charge in [0.05, 0.1) is 26.3 Å². The molecule has 0 aliphatic carbocycles. The monoisotopic (exact) mass is 338 g/mol. The molecule has 0 heterocycles. The summed E-state index contributed by atoms with van der Waals surface area (Å²) in [5, 5.41) is 14.4. The lowest BCUT2D eigenvalue weighted by atomic mass is 10.2. The number of methoxy groups -OCH3 is 3. The molecule has 0 atom stereocenters. The maximum absolute atomic E-state index is 11.1. The lowest BCUT2D eigenvalue weighted by molar-refractivity contribution is -0.383. The summed E-state index contributed by atoms with van der Waals surface area (Å²) in [6.07, 6.45) is 0. The Morgan fingerprint density at radius 3 is 2.13 bits per heavy atom. The Bertz CT molecular complexity index is 711. The fourth-order valence-corrected chi connectivity index (χ4v) is 2.24. The molecule has 2 aromatic rings. The van der Waals surface area contributed by atoms with Gasteiger partial charge in [0.15, 0.2) is 11.5 Å². The maximum atomic E-state index is 11.1. The van der Waals surface area contributed by atoms with Crippen molar-refractivity contribution in [3.8, 4) is 17.2 Å². The molecule has 0 saturated carbocycles. The van der Waals surface area contributed by atoms with E-state index in [9.17, 15) is 10.1 Å². The molecule has 0 radical (unpaired) electrons. The van der Waals surface area contributed by atoms with E-state index in [4.69, 9.17) is 25.8 Å². The minimum atomic E-state index is -0.508. The van der Waals surface area contributed by atoms with Gasteiger partial charge in [-0.3, -0.25) is 10.1 Å². The van der Waals surface area contributed by atoms with Crippen molar-refractivity contribution in [1.29, 1.82) is 0 Å². The zero-order valence-electron chi connectivity index (χ0n) is 12.8. The Morgan fingerprint density at radius 2 is 1.65 bits per heavy atom. The van der Waals surface area contributed by atoms with Gasteiger partial charge in [0.1, 0.15) is 5.69 Å². The molecule has 8 heteroatoms. The van der Waals surface area contributed by atoms with Crippen molar-refractivity contribution in [3.05, 3.63) is 45.5 Å². The molecule has 23 heavy (non-hydrogen) atoms. The van der Waals surface area contributed by atoms with Crippen LogP contribution >= 0.6 is 11.6 Å². The molecule has 7 nitrogen and oxygen atoms in total. The number of benzene rings is 2. The molecule has 0 unspecified atom stereocenters. The van der Waals surface area contributed by atoms with Crippen LogP contribution in [-0.2, 0) is 0 Å². The summed E-state index contributed by atoms with van der Waals surface area (Å²) < 4.78 is 15.7. The highest BCUT2D eigenvalue weighted by Crippen LogP contribution is 2.41. The lowest BCUT2D eigenvalue weighted by Gasteiger charge is -2.15. The van der Waals surface area contributed by atoms with Crippen LogP contribution in [0.4, 0.5) is 17.1 Å². The summed E-state index contributed by atoms with van der Waals surface area (Å²) in [6.45, 7) is 0. The van der Waals surface area contributed by atoms with Crippen molar-refractivity contribution in [1.82, 2.24) is 0 Å². The molecule has 1 N–H and O–H groups in total. The Balaban J connectivity index is 2.47. The molecule has 0 fully saturated rings. The highest BCUT2D eigenvalue weighted by Gasteiger charge is 2.17. The van der Waals surface area contributed by atoms with Crippen LogP contribution in [0.5, 0.6) is 17.2 Å². The molecule has 0 saturated heterocycles. The van der Waals surface area contributed by atoms with Crippen molar-refractivity contribution < 1.29 is 19.1 Å². The molecule has 0 aliphatic rings. The minimum Gasteiger partial charge on any atom is -0.493 e. The van der Waals surface area contributed by atoms with Crippen LogP contribution < -0.4 is 19.5 Å². The third-order valence-electron chi connectivity index (χ3n) is 3.10. The van der Waals surface area contributed by atoms with Crippen molar-refractivity contribution in [2.45, 2.75) is 0 Å². The van der Waals surface area contributed by atoms with Gasteiger partial charge < -0.3 is 19.5 Å². The van der Waals surface area contributed by atoms with Gasteiger partial charge in [-0.25, -0.2) is 0 Å². The van der Waals surface area contributed by atoms with E-state index in [1.807, 2.05) is 0 Å². The van der Waals surface area contributed by atoms with Gasteiger partial charge in [-0.15, -0.1) is 0 Å². The van der Waals surface area contributed by atoms with E-state index in [1.54, 1.807) is 18.2 Å². The predicted molar refractivity (Wildman–Crippen MR) is 87.5 cm³/mol. The number of halogens is 1.